The van der Waals surface area contributed by atoms with Crippen LogP contribution < -0.4 is 5.73 Å². The van der Waals surface area contributed by atoms with Gasteiger partial charge in [0.15, 0.2) is 11.0 Å². The Kier molecular flexibility index (Phi) is 2.97. The lowest BCUT2D eigenvalue weighted by Gasteiger charge is -2.05. The van der Waals surface area contributed by atoms with Gasteiger partial charge in [0.1, 0.15) is 17.5 Å². The van der Waals surface area contributed by atoms with Crippen LogP contribution in [0, 0.1) is 18.3 Å². The average Bonchev–Trinajstić information content (AvgIpc) is 2.69. The molecule has 2 rings (SSSR count). The van der Waals surface area contributed by atoms with Crippen LogP contribution in [0.5, 0.6) is 0 Å². The fraction of sp³-hybridized carbons (Fsp3) is 0.200. The molecule has 0 aliphatic carbocycles. The zero-order chi connectivity index (χ0) is 12.4. The number of nitrogens with zero attached hydrogens (tertiary/aromatic N) is 5. The number of rotatable bonds is 2. The molecule has 0 saturated carbocycles. The summed E-state index contributed by atoms with van der Waals surface area (Å²) in [4.78, 5) is 8.53. The lowest BCUT2D eigenvalue weighted by atomic mass is 10.3. The normalized spacial score (nSPS) is 10.2. The van der Waals surface area contributed by atoms with Crippen molar-refractivity contribution in [1.29, 1.82) is 5.26 Å². The highest BCUT2D eigenvalue weighted by atomic mass is 32.2. The average molecular weight is 246 g/mol. The van der Waals surface area contributed by atoms with Gasteiger partial charge in [0.05, 0.1) is 6.20 Å². The molecule has 7 heteroatoms. The van der Waals surface area contributed by atoms with E-state index in [0.29, 0.717) is 16.5 Å². The summed E-state index contributed by atoms with van der Waals surface area (Å²) in [5, 5.41) is 13.5. The second kappa shape index (κ2) is 4.43. The second-order valence-corrected chi connectivity index (χ2v) is 4.09. The van der Waals surface area contributed by atoms with E-state index < -0.39 is 0 Å². The van der Waals surface area contributed by atoms with E-state index in [1.807, 2.05) is 19.2 Å². The Morgan fingerprint density at radius 3 is 2.82 bits per heavy atom. The predicted molar refractivity (Wildman–Crippen MR) is 64.8 cm³/mol. The van der Waals surface area contributed by atoms with E-state index in [1.54, 1.807) is 6.07 Å². The van der Waals surface area contributed by atoms with Crippen molar-refractivity contribution in [3.63, 3.8) is 0 Å². The predicted octanol–water partition coefficient (Wildman–Crippen LogP) is 1.15. The molecule has 0 aromatic carbocycles. The van der Waals surface area contributed by atoms with Crippen molar-refractivity contribution < 1.29 is 0 Å². The van der Waals surface area contributed by atoms with Crippen molar-refractivity contribution in [2.75, 3.05) is 12.0 Å². The largest absolute Gasteiger partial charge is 0.382 e. The summed E-state index contributed by atoms with van der Waals surface area (Å²) in [5.74, 6) is 0.860. The van der Waals surface area contributed by atoms with Crippen LogP contribution in [0.3, 0.4) is 0 Å². The Hall–Kier alpha value is -2.07. The molecule has 86 valence electrons. The van der Waals surface area contributed by atoms with Crippen molar-refractivity contribution >= 4 is 17.6 Å². The summed E-state index contributed by atoms with van der Waals surface area (Å²) in [5.41, 5.74) is 6.96. The van der Waals surface area contributed by atoms with E-state index in [9.17, 15) is 0 Å². The van der Waals surface area contributed by atoms with Crippen LogP contribution in [-0.2, 0) is 0 Å². The molecule has 2 heterocycles. The molecule has 0 aliphatic heterocycles. The molecule has 0 radical (unpaired) electrons. The Bertz CT molecular complexity index is 597. The summed E-state index contributed by atoms with van der Waals surface area (Å²) >= 11 is 1.44. The van der Waals surface area contributed by atoms with E-state index in [1.165, 1.54) is 22.6 Å². The SMILES string of the molecule is CSc1nc(C)cc(-n2ncc(C#N)c2N)n1. The van der Waals surface area contributed by atoms with Gasteiger partial charge in [-0.05, 0) is 13.2 Å². The van der Waals surface area contributed by atoms with Crippen molar-refractivity contribution in [2.45, 2.75) is 12.1 Å². The Morgan fingerprint density at radius 1 is 1.47 bits per heavy atom. The Labute approximate surface area is 102 Å². The molecule has 2 aromatic rings. The van der Waals surface area contributed by atoms with E-state index in [4.69, 9.17) is 11.0 Å². The Morgan fingerprint density at radius 2 is 2.24 bits per heavy atom. The van der Waals surface area contributed by atoms with Gasteiger partial charge in [-0.3, -0.25) is 0 Å². The quantitative estimate of drug-likeness (QED) is 0.631. The molecule has 17 heavy (non-hydrogen) atoms. The maximum Gasteiger partial charge on any atom is 0.189 e. The molecular weight excluding hydrogens is 236 g/mol. The molecule has 0 amide bonds. The third-order valence-corrected chi connectivity index (χ3v) is 2.69. The van der Waals surface area contributed by atoms with Crippen molar-refractivity contribution in [3.05, 3.63) is 23.5 Å². The number of hydrogen-bond acceptors (Lipinski definition) is 6. The molecule has 0 unspecified atom stereocenters. The zero-order valence-electron chi connectivity index (χ0n) is 9.38. The molecule has 0 atom stereocenters. The van der Waals surface area contributed by atoms with Gasteiger partial charge >= 0.3 is 0 Å². The lowest BCUT2D eigenvalue weighted by Crippen LogP contribution is -2.06. The van der Waals surface area contributed by atoms with Crippen LogP contribution in [0.25, 0.3) is 5.82 Å². The van der Waals surface area contributed by atoms with Crippen LogP contribution in [0.15, 0.2) is 17.4 Å². The van der Waals surface area contributed by atoms with Crippen LogP contribution in [-0.4, -0.2) is 26.0 Å². The monoisotopic (exact) mass is 246 g/mol. The summed E-state index contributed by atoms with van der Waals surface area (Å²) in [6, 6.07) is 3.74. The summed E-state index contributed by atoms with van der Waals surface area (Å²) < 4.78 is 1.44. The maximum atomic E-state index is 8.81. The molecule has 2 N–H and O–H groups in total. The first-order valence-corrected chi connectivity index (χ1v) is 6.02. The van der Waals surface area contributed by atoms with Gasteiger partial charge in [0, 0.05) is 11.8 Å². The first kappa shape index (κ1) is 11.4. The molecular formula is C10H10N6S. The highest BCUT2D eigenvalue weighted by Gasteiger charge is 2.11. The van der Waals surface area contributed by atoms with Crippen LogP contribution in [0.2, 0.25) is 0 Å². The third-order valence-electron chi connectivity index (χ3n) is 2.15. The Balaban J connectivity index is 2.56. The summed E-state index contributed by atoms with van der Waals surface area (Å²) in [6.07, 6.45) is 3.32. The minimum atomic E-state index is 0.289. The van der Waals surface area contributed by atoms with E-state index in [2.05, 4.69) is 15.1 Å². The number of aryl methyl sites for hydroxylation is 1. The highest BCUT2D eigenvalue weighted by Crippen LogP contribution is 2.17. The van der Waals surface area contributed by atoms with Gasteiger partial charge in [-0.2, -0.15) is 15.0 Å². The lowest BCUT2D eigenvalue weighted by molar-refractivity contribution is 0.806. The van der Waals surface area contributed by atoms with Crippen molar-refractivity contribution in [1.82, 2.24) is 19.7 Å². The van der Waals surface area contributed by atoms with Gasteiger partial charge in [-0.15, -0.1) is 0 Å². The fourth-order valence-electron chi connectivity index (χ4n) is 1.35. The summed E-state index contributed by atoms with van der Waals surface area (Å²) in [6.45, 7) is 1.87. The van der Waals surface area contributed by atoms with Gasteiger partial charge < -0.3 is 5.73 Å². The zero-order valence-corrected chi connectivity index (χ0v) is 10.2. The second-order valence-electron chi connectivity index (χ2n) is 3.32. The standard InChI is InChI=1S/C10H10N6S/c1-6-3-8(15-10(14-6)17-2)16-9(12)7(4-11)5-13-16/h3,5H,12H2,1-2H3. The fourth-order valence-corrected chi connectivity index (χ4v) is 1.77. The number of nitriles is 1. The van der Waals surface area contributed by atoms with E-state index >= 15 is 0 Å². The minimum absolute atomic E-state index is 0.289. The minimum Gasteiger partial charge on any atom is -0.382 e. The van der Waals surface area contributed by atoms with E-state index in [-0.39, 0.29) is 5.82 Å². The smallest absolute Gasteiger partial charge is 0.189 e. The van der Waals surface area contributed by atoms with Gasteiger partial charge in [-0.25, -0.2) is 9.97 Å². The first-order valence-electron chi connectivity index (χ1n) is 4.79. The number of aromatic nitrogens is 4. The topological polar surface area (TPSA) is 93.4 Å². The molecule has 0 fully saturated rings. The third kappa shape index (κ3) is 2.07. The molecule has 0 spiro atoms. The van der Waals surface area contributed by atoms with E-state index in [0.717, 1.165) is 5.69 Å². The summed E-state index contributed by atoms with van der Waals surface area (Å²) in [7, 11) is 0. The number of nitrogen functional groups attached to an aromatic ring is 1. The number of anilines is 1. The molecule has 0 bridgehead atoms. The van der Waals surface area contributed by atoms with Gasteiger partial charge in [0.25, 0.3) is 0 Å². The number of hydrogen-bond donors (Lipinski definition) is 1. The molecule has 0 aliphatic rings. The van der Waals surface area contributed by atoms with Gasteiger partial charge in [-0.1, -0.05) is 11.8 Å². The number of nitrogens with two attached hydrogens (primary N) is 1. The van der Waals surface area contributed by atoms with Crippen LogP contribution >= 0.6 is 11.8 Å². The molecule has 2 aromatic heterocycles. The highest BCUT2D eigenvalue weighted by molar-refractivity contribution is 7.98. The first-order chi connectivity index (χ1) is 8.15. The van der Waals surface area contributed by atoms with Gasteiger partial charge in [0.2, 0.25) is 0 Å². The van der Waals surface area contributed by atoms with Crippen LogP contribution in [0.1, 0.15) is 11.3 Å². The maximum absolute atomic E-state index is 8.81. The molecule has 6 nitrogen and oxygen atoms in total. The number of thioether (sulfide) groups is 1. The molecule has 0 saturated heterocycles. The van der Waals surface area contributed by atoms with Crippen LogP contribution in [0.4, 0.5) is 5.82 Å². The van der Waals surface area contributed by atoms with Crippen molar-refractivity contribution in [3.8, 4) is 11.9 Å². The van der Waals surface area contributed by atoms with Crippen molar-refractivity contribution in [2.24, 2.45) is 0 Å².